The molecule has 0 saturated heterocycles. The Labute approximate surface area is 97.8 Å². The fourth-order valence-corrected chi connectivity index (χ4v) is 2.97. The highest BCUT2D eigenvalue weighted by Crippen LogP contribution is 2.55. The largest absolute Gasteiger partial charge is 0.330 e. The fourth-order valence-electron chi connectivity index (χ4n) is 2.08. The molecule has 2 rings (SSSR count). The van der Waals surface area contributed by atoms with Gasteiger partial charge in [0.2, 0.25) is 0 Å². The molecule has 0 radical (unpaired) electrons. The van der Waals surface area contributed by atoms with E-state index in [-0.39, 0.29) is 5.41 Å². The molecule has 0 spiro atoms. The van der Waals surface area contributed by atoms with Crippen LogP contribution in [0.15, 0.2) is 22.7 Å². The second-order valence-corrected chi connectivity index (χ2v) is 5.50. The van der Waals surface area contributed by atoms with Crippen molar-refractivity contribution < 1.29 is 0 Å². The first kappa shape index (κ1) is 10.5. The Morgan fingerprint density at radius 1 is 1.64 bits per heavy atom. The molecule has 3 heteroatoms. The molecule has 2 atom stereocenters. The Bertz CT molecular complexity index is 366. The third-order valence-corrected chi connectivity index (χ3v) is 4.05. The van der Waals surface area contributed by atoms with E-state index in [0.29, 0.717) is 5.92 Å². The van der Waals surface area contributed by atoms with Crippen molar-refractivity contribution in [2.75, 3.05) is 6.54 Å². The van der Waals surface area contributed by atoms with E-state index in [1.807, 2.05) is 12.1 Å². The molecule has 0 bridgehead atoms. The fraction of sp³-hybridized carbons (Fsp3) is 0.455. The Hall–Kier alpha value is -0.0500. The second-order valence-electron chi connectivity index (χ2n) is 4.18. The van der Waals surface area contributed by atoms with Crippen molar-refractivity contribution >= 4 is 27.5 Å². The van der Waals surface area contributed by atoms with Gasteiger partial charge in [-0.2, -0.15) is 0 Å². The number of hydrogen-bond acceptors (Lipinski definition) is 1. The molecule has 1 saturated carbocycles. The zero-order valence-corrected chi connectivity index (χ0v) is 10.4. The molecule has 0 aromatic heterocycles. The topological polar surface area (TPSA) is 26.0 Å². The van der Waals surface area contributed by atoms with Crippen molar-refractivity contribution in [3.05, 3.63) is 33.3 Å². The van der Waals surface area contributed by atoms with Crippen LogP contribution in [-0.2, 0) is 5.41 Å². The smallest absolute Gasteiger partial charge is 0.0454 e. The van der Waals surface area contributed by atoms with Crippen LogP contribution in [0.2, 0.25) is 5.02 Å². The van der Waals surface area contributed by atoms with E-state index < -0.39 is 0 Å². The van der Waals surface area contributed by atoms with E-state index in [0.717, 1.165) is 22.5 Å². The average molecular weight is 275 g/mol. The summed E-state index contributed by atoms with van der Waals surface area (Å²) in [6, 6.07) is 6.09. The van der Waals surface area contributed by atoms with Crippen molar-refractivity contribution in [2.45, 2.75) is 18.8 Å². The first-order valence-electron chi connectivity index (χ1n) is 4.73. The van der Waals surface area contributed by atoms with E-state index >= 15 is 0 Å². The summed E-state index contributed by atoms with van der Waals surface area (Å²) in [5.41, 5.74) is 7.12. The van der Waals surface area contributed by atoms with Gasteiger partial charge in [-0.05, 0) is 42.0 Å². The number of nitrogens with two attached hydrogens (primary N) is 1. The molecule has 1 aromatic carbocycles. The highest BCUT2D eigenvalue weighted by molar-refractivity contribution is 9.10. The Balaban J connectivity index is 2.34. The zero-order valence-electron chi connectivity index (χ0n) is 8.06. The lowest BCUT2D eigenvalue weighted by Crippen LogP contribution is -2.12. The summed E-state index contributed by atoms with van der Waals surface area (Å²) in [4.78, 5) is 0. The van der Waals surface area contributed by atoms with Crippen molar-refractivity contribution in [3.8, 4) is 0 Å². The van der Waals surface area contributed by atoms with Gasteiger partial charge in [0.15, 0.2) is 0 Å². The van der Waals surface area contributed by atoms with Gasteiger partial charge in [0.25, 0.3) is 0 Å². The van der Waals surface area contributed by atoms with Crippen LogP contribution in [-0.4, -0.2) is 6.54 Å². The van der Waals surface area contributed by atoms with Crippen LogP contribution in [0, 0.1) is 5.92 Å². The lowest BCUT2D eigenvalue weighted by atomic mass is 9.95. The van der Waals surface area contributed by atoms with E-state index in [9.17, 15) is 0 Å². The minimum absolute atomic E-state index is 0.215. The summed E-state index contributed by atoms with van der Waals surface area (Å²) in [5.74, 6) is 0.598. The van der Waals surface area contributed by atoms with Crippen LogP contribution in [0.4, 0.5) is 0 Å². The molecule has 1 fully saturated rings. The predicted molar refractivity (Wildman–Crippen MR) is 63.7 cm³/mol. The van der Waals surface area contributed by atoms with Crippen molar-refractivity contribution in [2.24, 2.45) is 11.7 Å². The summed E-state index contributed by atoms with van der Waals surface area (Å²) in [6.45, 7) is 2.99. The van der Waals surface area contributed by atoms with Gasteiger partial charge in [-0.1, -0.05) is 40.5 Å². The van der Waals surface area contributed by atoms with Gasteiger partial charge in [-0.15, -0.1) is 0 Å². The lowest BCUT2D eigenvalue weighted by Gasteiger charge is -2.13. The molecule has 0 amide bonds. The number of rotatable bonds is 2. The highest BCUT2D eigenvalue weighted by atomic mass is 79.9. The van der Waals surface area contributed by atoms with E-state index in [1.165, 1.54) is 5.56 Å². The van der Waals surface area contributed by atoms with Crippen LogP contribution in [0.3, 0.4) is 0 Å². The zero-order chi connectivity index (χ0) is 10.3. The first-order chi connectivity index (χ1) is 6.58. The highest BCUT2D eigenvalue weighted by Gasteiger charge is 2.50. The minimum Gasteiger partial charge on any atom is -0.330 e. The van der Waals surface area contributed by atoms with Crippen molar-refractivity contribution in [1.82, 2.24) is 0 Å². The Kier molecular flexibility index (Phi) is 2.63. The number of hydrogen-bond donors (Lipinski definition) is 1. The van der Waals surface area contributed by atoms with Gasteiger partial charge in [0.1, 0.15) is 0 Å². The molecular formula is C11H13BrClN. The second kappa shape index (κ2) is 3.51. The maximum atomic E-state index is 6.21. The number of halogens is 2. The standard InChI is InChI=1S/C11H13BrClN/c1-11(5-7(11)6-14)9-3-2-8(12)4-10(9)13/h2-4,7H,5-6,14H2,1H3. The van der Waals surface area contributed by atoms with E-state index in [2.05, 4.69) is 28.9 Å². The molecule has 1 aliphatic rings. The third kappa shape index (κ3) is 1.60. The van der Waals surface area contributed by atoms with Crippen molar-refractivity contribution in [3.63, 3.8) is 0 Å². The first-order valence-corrected chi connectivity index (χ1v) is 5.90. The van der Waals surface area contributed by atoms with Crippen LogP contribution in [0.25, 0.3) is 0 Å². The number of benzene rings is 1. The summed E-state index contributed by atoms with van der Waals surface area (Å²) >= 11 is 9.61. The van der Waals surface area contributed by atoms with Crippen LogP contribution in [0.5, 0.6) is 0 Å². The maximum absolute atomic E-state index is 6.21. The SMILES string of the molecule is CC1(c2ccc(Br)cc2Cl)CC1CN. The quantitative estimate of drug-likeness (QED) is 0.879. The Morgan fingerprint density at radius 3 is 2.86 bits per heavy atom. The molecule has 2 unspecified atom stereocenters. The molecule has 0 heterocycles. The molecule has 1 aliphatic carbocycles. The molecular weight excluding hydrogens is 261 g/mol. The van der Waals surface area contributed by atoms with Crippen LogP contribution < -0.4 is 5.73 Å². The van der Waals surface area contributed by atoms with Crippen LogP contribution >= 0.6 is 27.5 Å². The van der Waals surface area contributed by atoms with Gasteiger partial charge in [-0.25, -0.2) is 0 Å². The molecule has 0 aliphatic heterocycles. The average Bonchev–Trinajstić information content (AvgIpc) is 2.77. The van der Waals surface area contributed by atoms with E-state index in [1.54, 1.807) is 0 Å². The predicted octanol–water partition coefficient (Wildman–Crippen LogP) is 3.34. The third-order valence-electron chi connectivity index (χ3n) is 3.24. The monoisotopic (exact) mass is 273 g/mol. The normalized spacial score (nSPS) is 30.4. The van der Waals surface area contributed by atoms with Crippen molar-refractivity contribution in [1.29, 1.82) is 0 Å². The van der Waals surface area contributed by atoms with Gasteiger partial charge in [0.05, 0.1) is 0 Å². The van der Waals surface area contributed by atoms with Gasteiger partial charge in [-0.3, -0.25) is 0 Å². The van der Waals surface area contributed by atoms with E-state index in [4.69, 9.17) is 17.3 Å². The van der Waals surface area contributed by atoms with Crippen LogP contribution in [0.1, 0.15) is 18.9 Å². The summed E-state index contributed by atoms with van der Waals surface area (Å²) in [5, 5.41) is 0.845. The summed E-state index contributed by atoms with van der Waals surface area (Å²) < 4.78 is 1.03. The molecule has 76 valence electrons. The van der Waals surface area contributed by atoms with Gasteiger partial charge >= 0.3 is 0 Å². The van der Waals surface area contributed by atoms with Gasteiger partial charge in [0, 0.05) is 9.50 Å². The minimum atomic E-state index is 0.215. The summed E-state index contributed by atoms with van der Waals surface area (Å²) in [7, 11) is 0. The lowest BCUT2D eigenvalue weighted by molar-refractivity contribution is 0.666. The molecule has 2 N–H and O–H groups in total. The Morgan fingerprint density at radius 2 is 2.36 bits per heavy atom. The van der Waals surface area contributed by atoms with Gasteiger partial charge < -0.3 is 5.73 Å². The summed E-state index contributed by atoms with van der Waals surface area (Å²) in [6.07, 6.45) is 1.16. The maximum Gasteiger partial charge on any atom is 0.0454 e. The molecule has 1 nitrogen and oxygen atoms in total. The molecule has 14 heavy (non-hydrogen) atoms. The molecule has 1 aromatic rings.